The number of ether oxygens (including phenoxy) is 1. The summed E-state index contributed by atoms with van der Waals surface area (Å²) in [7, 11) is 0. The van der Waals surface area contributed by atoms with Crippen LogP contribution in [0.15, 0.2) is 36.4 Å². The minimum atomic E-state index is -0.441. The van der Waals surface area contributed by atoms with Crippen LogP contribution in [0.3, 0.4) is 0 Å². The Morgan fingerprint density at radius 3 is 2.36 bits per heavy atom. The van der Waals surface area contributed by atoms with Crippen molar-refractivity contribution in [1.82, 2.24) is 0 Å². The predicted octanol–water partition coefficient (Wildman–Crippen LogP) is 2.42. The number of anilines is 1. The molecular weight excluding hydrogens is 318 g/mol. The van der Waals surface area contributed by atoms with E-state index in [1.54, 1.807) is 31.2 Å². The lowest BCUT2D eigenvalue weighted by Gasteiger charge is -2.37. The Balaban J connectivity index is 1.50. The van der Waals surface area contributed by atoms with E-state index in [0.717, 1.165) is 6.42 Å². The van der Waals surface area contributed by atoms with E-state index in [-0.39, 0.29) is 42.1 Å². The molecule has 1 saturated heterocycles. The van der Waals surface area contributed by atoms with Crippen LogP contribution in [0.25, 0.3) is 0 Å². The smallest absolute Gasteiger partial charge is 0.338 e. The molecule has 1 aliphatic heterocycles. The van der Waals surface area contributed by atoms with Gasteiger partial charge >= 0.3 is 5.97 Å². The van der Waals surface area contributed by atoms with E-state index in [0.29, 0.717) is 23.1 Å². The normalized spacial score (nSPS) is 37.1. The van der Waals surface area contributed by atoms with Gasteiger partial charge in [-0.15, -0.1) is 0 Å². The van der Waals surface area contributed by atoms with Crippen LogP contribution >= 0.6 is 0 Å². The summed E-state index contributed by atoms with van der Waals surface area (Å²) >= 11 is 0. The summed E-state index contributed by atoms with van der Waals surface area (Å²) < 4.78 is 5.02. The fourth-order valence-electron chi connectivity index (χ4n) is 5.20. The summed E-state index contributed by atoms with van der Waals surface area (Å²) in [6, 6.07) is 6.63. The summed E-state index contributed by atoms with van der Waals surface area (Å²) in [4.78, 5) is 39.4. The van der Waals surface area contributed by atoms with E-state index in [2.05, 4.69) is 12.2 Å². The van der Waals surface area contributed by atoms with Gasteiger partial charge in [-0.05, 0) is 55.2 Å². The van der Waals surface area contributed by atoms with Gasteiger partial charge in [0.15, 0.2) is 0 Å². The molecule has 1 aromatic carbocycles. The lowest BCUT2D eigenvalue weighted by Crippen LogP contribution is -2.40. The third-order valence-electron chi connectivity index (χ3n) is 6.28. The highest BCUT2D eigenvalue weighted by atomic mass is 16.5. The molecule has 0 spiro atoms. The van der Waals surface area contributed by atoms with Crippen molar-refractivity contribution in [3.8, 4) is 0 Å². The van der Waals surface area contributed by atoms with Crippen molar-refractivity contribution in [2.45, 2.75) is 13.3 Å². The quantitative estimate of drug-likeness (QED) is 0.483. The number of nitrogens with zero attached hydrogens (tertiary/aromatic N) is 1. The van der Waals surface area contributed by atoms with Crippen LogP contribution in [-0.4, -0.2) is 24.4 Å². The lowest BCUT2D eigenvalue weighted by atomic mass is 9.63. The molecule has 128 valence electrons. The molecule has 6 rings (SSSR count). The van der Waals surface area contributed by atoms with Crippen molar-refractivity contribution in [3.63, 3.8) is 0 Å². The standard InChI is InChI=1S/C20H19NO4/c1-2-25-20(24)10-4-3-5-11(8-10)21-18(22)16-12-6-7-13(15-9-14(12)15)17(16)19(21)23/h3-8,12-17H,2,9H2,1H3/t12-,13-,14-,15+,16+,17+/m0/s1. The summed E-state index contributed by atoms with van der Waals surface area (Å²) in [6.45, 7) is 2.03. The molecule has 0 unspecified atom stereocenters. The zero-order valence-electron chi connectivity index (χ0n) is 13.9. The summed E-state index contributed by atoms with van der Waals surface area (Å²) in [5.41, 5.74) is 0.835. The predicted molar refractivity (Wildman–Crippen MR) is 89.6 cm³/mol. The third-order valence-corrected chi connectivity index (χ3v) is 6.28. The molecule has 3 fully saturated rings. The van der Waals surface area contributed by atoms with Gasteiger partial charge < -0.3 is 4.74 Å². The minimum absolute atomic E-state index is 0.110. The number of hydrogen-bond donors (Lipinski definition) is 0. The summed E-state index contributed by atoms with van der Waals surface area (Å²) in [5, 5.41) is 0. The largest absolute Gasteiger partial charge is 0.462 e. The van der Waals surface area contributed by atoms with Crippen LogP contribution in [0.4, 0.5) is 5.69 Å². The van der Waals surface area contributed by atoms with Crippen molar-refractivity contribution >= 4 is 23.5 Å². The average molecular weight is 337 g/mol. The second kappa shape index (κ2) is 5.04. The van der Waals surface area contributed by atoms with E-state index in [1.165, 1.54) is 4.90 Å². The third kappa shape index (κ3) is 1.92. The molecule has 1 aromatic rings. The van der Waals surface area contributed by atoms with Crippen LogP contribution in [0.1, 0.15) is 23.7 Å². The molecule has 1 heterocycles. The highest BCUT2D eigenvalue weighted by molar-refractivity contribution is 6.22. The Morgan fingerprint density at radius 1 is 1.12 bits per heavy atom. The highest BCUT2D eigenvalue weighted by Crippen LogP contribution is 2.65. The molecule has 2 amide bonds. The maximum atomic E-state index is 13.1. The Hall–Kier alpha value is -2.43. The van der Waals surface area contributed by atoms with Gasteiger partial charge in [-0.3, -0.25) is 9.59 Å². The summed E-state index contributed by atoms with van der Waals surface area (Å²) in [5.74, 6) is 0.460. The van der Waals surface area contributed by atoms with Crippen molar-refractivity contribution < 1.29 is 19.1 Å². The molecule has 5 nitrogen and oxygen atoms in total. The molecule has 25 heavy (non-hydrogen) atoms. The molecule has 4 aliphatic carbocycles. The highest BCUT2D eigenvalue weighted by Gasteiger charge is 2.67. The van der Waals surface area contributed by atoms with Crippen LogP contribution in [0.2, 0.25) is 0 Å². The van der Waals surface area contributed by atoms with Crippen LogP contribution in [-0.2, 0) is 14.3 Å². The topological polar surface area (TPSA) is 63.7 Å². The summed E-state index contributed by atoms with van der Waals surface area (Å²) in [6.07, 6.45) is 5.46. The molecule has 5 aliphatic rings. The first-order chi connectivity index (χ1) is 12.1. The zero-order valence-corrected chi connectivity index (χ0v) is 13.9. The molecule has 0 aromatic heterocycles. The molecule has 0 N–H and O–H groups in total. The maximum absolute atomic E-state index is 13.1. The van der Waals surface area contributed by atoms with Gasteiger partial charge in [-0.25, -0.2) is 9.69 Å². The Kier molecular flexibility index (Phi) is 3.00. The molecule has 6 atom stereocenters. The average Bonchev–Trinajstić information content (AvgIpc) is 3.39. The number of esters is 1. The van der Waals surface area contributed by atoms with Gasteiger partial charge in [0.05, 0.1) is 29.7 Å². The number of rotatable bonds is 3. The number of allylic oxidation sites excluding steroid dienone is 2. The SMILES string of the molecule is CCOC(=O)c1cccc(N2C(=O)[C@@H]3[C@H]4C=C[C@@H]([C@@H]5C[C@H]45)[C@H]3C2=O)c1. The van der Waals surface area contributed by atoms with Crippen LogP contribution in [0.5, 0.6) is 0 Å². The van der Waals surface area contributed by atoms with E-state index in [4.69, 9.17) is 4.74 Å². The molecule has 0 radical (unpaired) electrons. The van der Waals surface area contributed by atoms with Crippen LogP contribution in [0, 0.1) is 35.5 Å². The second-order valence-corrected chi connectivity index (χ2v) is 7.44. The molecular formula is C20H19NO4. The number of amides is 2. The lowest BCUT2D eigenvalue weighted by molar-refractivity contribution is -0.124. The molecule has 2 saturated carbocycles. The van der Waals surface area contributed by atoms with Gasteiger partial charge in [-0.2, -0.15) is 0 Å². The van der Waals surface area contributed by atoms with E-state index in [1.807, 2.05) is 0 Å². The van der Waals surface area contributed by atoms with Crippen molar-refractivity contribution in [1.29, 1.82) is 0 Å². The monoisotopic (exact) mass is 337 g/mol. The van der Waals surface area contributed by atoms with Crippen molar-refractivity contribution in [3.05, 3.63) is 42.0 Å². The van der Waals surface area contributed by atoms with E-state index < -0.39 is 5.97 Å². The fourth-order valence-corrected chi connectivity index (χ4v) is 5.20. The Labute approximate surface area is 145 Å². The Bertz CT molecular complexity index is 793. The van der Waals surface area contributed by atoms with Gasteiger partial charge in [0.2, 0.25) is 11.8 Å². The first kappa shape index (κ1) is 14.9. The van der Waals surface area contributed by atoms with Gasteiger partial charge in [0.25, 0.3) is 0 Å². The first-order valence-corrected chi connectivity index (χ1v) is 8.95. The van der Waals surface area contributed by atoms with Gasteiger partial charge in [0.1, 0.15) is 0 Å². The van der Waals surface area contributed by atoms with E-state index >= 15 is 0 Å². The van der Waals surface area contributed by atoms with Crippen LogP contribution < -0.4 is 4.90 Å². The second-order valence-electron chi connectivity index (χ2n) is 7.44. The van der Waals surface area contributed by atoms with Gasteiger partial charge in [-0.1, -0.05) is 18.2 Å². The van der Waals surface area contributed by atoms with Crippen molar-refractivity contribution in [2.24, 2.45) is 35.5 Å². The number of carbonyl (C=O) groups is 3. The molecule has 5 heteroatoms. The minimum Gasteiger partial charge on any atom is -0.462 e. The van der Waals surface area contributed by atoms with Crippen molar-refractivity contribution in [2.75, 3.05) is 11.5 Å². The zero-order chi connectivity index (χ0) is 17.3. The molecule has 2 bridgehead atoms. The maximum Gasteiger partial charge on any atom is 0.338 e. The number of benzene rings is 1. The fraction of sp³-hybridized carbons (Fsp3) is 0.450. The number of imide groups is 1. The first-order valence-electron chi connectivity index (χ1n) is 8.95. The van der Waals surface area contributed by atoms with E-state index in [9.17, 15) is 14.4 Å². The van der Waals surface area contributed by atoms with Gasteiger partial charge in [0, 0.05) is 0 Å². The number of carbonyl (C=O) groups excluding carboxylic acids is 3. The number of hydrogen-bond acceptors (Lipinski definition) is 4. The Morgan fingerprint density at radius 2 is 1.76 bits per heavy atom.